The van der Waals surface area contributed by atoms with Crippen molar-refractivity contribution in [3.05, 3.63) is 58.9 Å². The number of amidine groups is 1. The van der Waals surface area contributed by atoms with Crippen molar-refractivity contribution in [3.63, 3.8) is 0 Å². The molecule has 2 aromatic rings. The van der Waals surface area contributed by atoms with Crippen LogP contribution in [-0.2, 0) is 6.42 Å². The van der Waals surface area contributed by atoms with E-state index in [0.717, 1.165) is 36.5 Å². The minimum Gasteiger partial charge on any atom is -0.325 e. The van der Waals surface area contributed by atoms with Crippen molar-refractivity contribution < 1.29 is 4.39 Å². The molecule has 0 aliphatic carbocycles. The number of aryl methyl sites for hydroxylation is 1. The van der Waals surface area contributed by atoms with Gasteiger partial charge in [-0.15, -0.1) is 5.10 Å². The van der Waals surface area contributed by atoms with E-state index in [9.17, 15) is 4.39 Å². The molecule has 6 heteroatoms. The number of hydrazone groups is 1. The van der Waals surface area contributed by atoms with Gasteiger partial charge in [0.25, 0.3) is 5.96 Å². The average molecular weight is 349 g/mol. The summed E-state index contributed by atoms with van der Waals surface area (Å²) in [7, 11) is 1.92. The molecular weight excluding hydrogens is 329 g/mol. The van der Waals surface area contributed by atoms with Crippen LogP contribution >= 0.6 is 0 Å². The molecule has 0 bridgehead atoms. The van der Waals surface area contributed by atoms with E-state index in [2.05, 4.69) is 35.1 Å². The zero-order valence-corrected chi connectivity index (χ0v) is 14.9. The third-order valence-electron chi connectivity index (χ3n) is 5.28. The number of rotatable bonds is 0. The highest BCUT2D eigenvalue weighted by atomic mass is 19.1. The Balaban J connectivity index is 1.70. The SMILES string of the molecule is Cc1cccc2c1CCCN2C1=NC2=NN(C)CN2c2ccc(F)cc21. The predicted octanol–water partition coefficient (Wildman–Crippen LogP) is 3.33. The van der Waals surface area contributed by atoms with E-state index in [-0.39, 0.29) is 5.82 Å². The number of hydrogen-bond acceptors (Lipinski definition) is 5. The number of fused-ring (bicyclic) bond motifs is 4. The Kier molecular flexibility index (Phi) is 3.29. The average Bonchev–Trinajstić information content (AvgIpc) is 3.01. The van der Waals surface area contributed by atoms with Crippen LogP contribution in [0.1, 0.15) is 23.1 Å². The van der Waals surface area contributed by atoms with E-state index in [1.54, 1.807) is 6.07 Å². The van der Waals surface area contributed by atoms with Crippen LogP contribution in [0, 0.1) is 12.7 Å². The molecule has 5 nitrogen and oxygen atoms in total. The molecule has 3 aliphatic heterocycles. The maximum Gasteiger partial charge on any atom is 0.250 e. The van der Waals surface area contributed by atoms with Crippen molar-refractivity contribution in [3.8, 4) is 0 Å². The quantitative estimate of drug-likeness (QED) is 0.732. The maximum absolute atomic E-state index is 14.1. The van der Waals surface area contributed by atoms with Crippen molar-refractivity contribution in [1.82, 2.24) is 5.01 Å². The van der Waals surface area contributed by atoms with Crippen LogP contribution in [0.4, 0.5) is 15.8 Å². The zero-order chi connectivity index (χ0) is 17.8. The zero-order valence-electron chi connectivity index (χ0n) is 14.9. The van der Waals surface area contributed by atoms with Crippen LogP contribution in [0.5, 0.6) is 0 Å². The third-order valence-corrected chi connectivity index (χ3v) is 5.28. The number of anilines is 2. The fourth-order valence-electron chi connectivity index (χ4n) is 4.08. The van der Waals surface area contributed by atoms with Gasteiger partial charge in [0, 0.05) is 24.8 Å². The van der Waals surface area contributed by atoms with Gasteiger partial charge in [0.15, 0.2) is 0 Å². The molecular formula is C20H20FN5. The second kappa shape index (κ2) is 5.56. The van der Waals surface area contributed by atoms with E-state index in [1.807, 2.05) is 23.0 Å². The number of halogens is 1. The molecule has 0 fully saturated rings. The molecule has 0 N–H and O–H groups in total. The fourth-order valence-corrected chi connectivity index (χ4v) is 4.08. The van der Waals surface area contributed by atoms with E-state index < -0.39 is 0 Å². The minimum absolute atomic E-state index is 0.245. The van der Waals surface area contributed by atoms with Crippen LogP contribution < -0.4 is 9.80 Å². The van der Waals surface area contributed by atoms with E-state index in [0.29, 0.717) is 12.6 Å². The van der Waals surface area contributed by atoms with Crippen molar-refractivity contribution in [2.75, 3.05) is 30.1 Å². The molecule has 5 rings (SSSR count). The van der Waals surface area contributed by atoms with Gasteiger partial charge in [-0.2, -0.15) is 4.99 Å². The third kappa shape index (κ3) is 2.21. The van der Waals surface area contributed by atoms with Crippen LogP contribution in [0.15, 0.2) is 46.5 Å². The van der Waals surface area contributed by atoms with Crippen molar-refractivity contribution in [2.45, 2.75) is 19.8 Å². The lowest BCUT2D eigenvalue weighted by atomic mass is 9.96. The molecule has 0 radical (unpaired) electrons. The monoisotopic (exact) mass is 349 g/mol. The number of aliphatic imine (C=N–C) groups is 1. The van der Waals surface area contributed by atoms with Gasteiger partial charge < -0.3 is 4.90 Å². The van der Waals surface area contributed by atoms with Gasteiger partial charge in [-0.25, -0.2) is 4.39 Å². The molecule has 0 saturated heterocycles. The Bertz CT molecular complexity index is 965. The molecule has 0 amide bonds. The number of benzene rings is 2. The molecule has 2 aromatic carbocycles. The predicted molar refractivity (Wildman–Crippen MR) is 102 cm³/mol. The standard InChI is InChI=1S/C20H20FN5/c1-13-5-3-7-17-15(13)6-4-10-25(17)19-16-11-14(21)8-9-18(16)26-12-24(2)23-20(26)22-19/h3,5,7-9,11H,4,6,10,12H2,1-2H3. The fraction of sp³-hybridized carbons (Fsp3) is 0.300. The first-order valence-corrected chi connectivity index (χ1v) is 8.94. The highest BCUT2D eigenvalue weighted by Gasteiger charge is 2.34. The summed E-state index contributed by atoms with van der Waals surface area (Å²) < 4.78 is 14.1. The van der Waals surface area contributed by atoms with Gasteiger partial charge in [-0.05, 0) is 55.2 Å². The number of guanidine groups is 1. The molecule has 0 atom stereocenters. The molecule has 0 aromatic heterocycles. The smallest absolute Gasteiger partial charge is 0.250 e. The van der Waals surface area contributed by atoms with Crippen molar-refractivity contribution in [1.29, 1.82) is 0 Å². The Morgan fingerprint density at radius 1 is 1.08 bits per heavy atom. The molecule has 0 spiro atoms. The summed E-state index contributed by atoms with van der Waals surface area (Å²) in [6.45, 7) is 3.64. The molecule has 26 heavy (non-hydrogen) atoms. The van der Waals surface area contributed by atoms with E-state index in [4.69, 9.17) is 4.99 Å². The highest BCUT2D eigenvalue weighted by molar-refractivity contribution is 6.23. The normalized spacial score (nSPS) is 18.2. The summed E-state index contributed by atoms with van der Waals surface area (Å²) in [4.78, 5) is 9.09. The van der Waals surface area contributed by atoms with Crippen molar-refractivity contribution >= 4 is 23.2 Å². The molecule has 132 valence electrons. The van der Waals surface area contributed by atoms with Crippen LogP contribution in [0.25, 0.3) is 0 Å². The number of nitrogens with zero attached hydrogens (tertiary/aromatic N) is 5. The summed E-state index contributed by atoms with van der Waals surface area (Å²) >= 11 is 0. The van der Waals surface area contributed by atoms with Gasteiger partial charge in [0.2, 0.25) is 0 Å². The largest absolute Gasteiger partial charge is 0.325 e. The number of hydrogen-bond donors (Lipinski definition) is 0. The summed E-state index contributed by atoms with van der Waals surface area (Å²) in [6, 6.07) is 11.3. The van der Waals surface area contributed by atoms with Gasteiger partial charge in [-0.3, -0.25) is 9.91 Å². The Morgan fingerprint density at radius 2 is 1.96 bits per heavy atom. The first-order valence-electron chi connectivity index (χ1n) is 8.94. The maximum atomic E-state index is 14.1. The van der Waals surface area contributed by atoms with Gasteiger partial charge in [-0.1, -0.05) is 12.1 Å². The molecule has 3 heterocycles. The van der Waals surface area contributed by atoms with Gasteiger partial charge >= 0.3 is 0 Å². The Morgan fingerprint density at radius 3 is 2.85 bits per heavy atom. The molecule has 0 unspecified atom stereocenters. The van der Waals surface area contributed by atoms with E-state index in [1.165, 1.54) is 22.9 Å². The summed E-state index contributed by atoms with van der Waals surface area (Å²) in [5.74, 6) is 1.21. The first-order chi connectivity index (χ1) is 12.6. The Hall–Kier alpha value is -2.89. The van der Waals surface area contributed by atoms with Gasteiger partial charge in [0.1, 0.15) is 18.3 Å². The van der Waals surface area contributed by atoms with E-state index >= 15 is 0 Å². The second-order valence-electron chi connectivity index (χ2n) is 7.05. The topological polar surface area (TPSA) is 34.4 Å². The lowest BCUT2D eigenvalue weighted by Gasteiger charge is -2.36. The van der Waals surface area contributed by atoms with Crippen molar-refractivity contribution in [2.24, 2.45) is 10.1 Å². The second-order valence-corrected chi connectivity index (χ2v) is 7.05. The summed E-state index contributed by atoms with van der Waals surface area (Å²) in [5, 5.41) is 6.37. The van der Waals surface area contributed by atoms with Crippen LogP contribution in [0.3, 0.4) is 0 Å². The minimum atomic E-state index is -0.245. The molecule has 3 aliphatic rings. The van der Waals surface area contributed by atoms with Crippen LogP contribution in [0.2, 0.25) is 0 Å². The molecule has 0 saturated carbocycles. The lowest BCUT2D eigenvalue weighted by Crippen LogP contribution is -2.42. The highest BCUT2D eigenvalue weighted by Crippen LogP contribution is 2.36. The lowest BCUT2D eigenvalue weighted by molar-refractivity contribution is 0.393. The summed E-state index contributed by atoms with van der Waals surface area (Å²) in [5.41, 5.74) is 5.61. The first kappa shape index (κ1) is 15.4. The van der Waals surface area contributed by atoms with Gasteiger partial charge in [0.05, 0.1) is 5.69 Å². The van der Waals surface area contributed by atoms with Crippen LogP contribution in [-0.4, -0.2) is 37.1 Å². The Labute approximate surface area is 152 Å². The summed E-state index contributed by atoms with van der Waals surface area (Å²) in [6.07, 6.45) is 2.12.